The second kappa shape index (κ2) is 6.72. The van der Waals surface area contributed by atoms with Crippen LogP contribution in [0.25, 0.3) is 21.9 Å². The van der Waals surface area contributed by atoms with E-state index in [-0.39, 0.29) is 0 Å². The van der Waals surface area contributed by atoms with Gasteiger partial charge in [0.15, 0.2) is 0 Å². The smallest absolute Gasteiger partial charge is 0.135 e. The number of furan rings is 1. The van der Waals surface area contributed by atoms with Crippen LogP contribution < -0.4 is 9.47 Å². The summed E-state index contributed by atoms with van der Waals surface area (Å²) in [5, 5.41) is 19.0. The summed E-state index contributed by atoms with van der Waals surface area (Å²) in [4.78, 5) is 0. The number of benzene rings is 2. The first-order valence-corrected chi connectivity index (χ1v) is 7.27. The third-order valence-corrected chi connectivity index (χ3v) is 3.38. The fraction of sp³-hybridized carbons (Fsp3) is 0.222. The lowest BCUT2D eigenvalue weighted by Gasteiger charge is -2.04. The van der Waals surface area contributed by atoms with Crippen LogP contribution in [0.4, 0.5) is 0 Å². The zero-order chi connectivity index (χ0) is 16.1. The van der Waals surface area contributed by atoms with Gasteiger partial charge < -0.3 is 13.9 Å². The zero-order valence-corrected chi connectivity index (χ0v) is 12.4. The van der Waals surface area contributed by atoms with Crippen molar-refractivity contribution in [1.29, 1.82) is 10.5 Å². The van der Waals surface area contributed by atoms with Crippen LogP contribution in [-0.4, -0.2) is 13.2 Å². The summed E-state index contributed by atoms with van der Waals surface area (Å²) >= 11 is 0. The van der Waals surface area contributed by atoms with Crippen LogP contribution in [0, 0.1) is 22.7 Å². The van der Waals surface area contributed by atoms with Crippen molar-refractivity contribution in [3.05, 3.63) is 36.4 Å². The minimum Gasteiger partial charge on any atom is -0.492 e. The van der Waals surface area contributed by atoms with Gasteiger partial charge in [0, 0.05) is 10.8 Å². The highest BCUT2D eigenvalue weighted by atomic mass is 16.5. The molecule has 0 unspecified atom stereocenters. The molecule has 0 saturated carbocycles. The van der Waals surface area contributed by atoms with Crippen LogP contribution in [0.15, 0.2) is 40.8 Å². The number of hydrogen-bond acceptors (Lipinski definition) is 5. The molecular formula is C18H14N2O3. The molecule has 0 aliphatic carbocycles. The first kappa shape index (κ1) is 14.7. The average Bonchev–Trinajstić information content (AvgIpc) is 2.93. The molecule has 0 saturated heterocycles. The SMILES string of the molecule is N#CCCOc1ccc2oc3ccc(OCCC#N)cc3c2c1. The molecule has 0 radical (unpaired) electrons. The predicted octanol–water partition coefficient (Wildman–Crippen LogP) is 4.17. The van der Waals surface area contributed by atoms with E-state index in [9.17, 15) is 0 Å². The Morgan fingerprint density at radius 2 is 1.26 bits per heavy atom. The van der Waals surface area contributed by atoms with Crippen LogP contribution in [0.2, 0.25) is 0 Å². The van der Waals surface area contributed by atoms with E-state index in [1.807, 2.05) is 48.5 Å². The van der Waals surface area contributed by atoms with Gasteiger partial charge in [-0.1, -0.05) is 0 Å². The van der Waals surface area contributed by atoms with Gasteiger partial charge in [-0.15, -0.1) is 0 Å². The third-order valence-electron chi connectivity index (χ3n) is 3.38. The summed E-state index contributed by atoms with van der Waals surface area (Å²) in [5.74, 6) is 1.40. The molecular weight excluding hydrogens is 292 g/mol. The Bertz CT molecular complexity index is 841. The van der Waals surface area contributed by atoms with Crippen molar-refractivity contribution in [3.63, 3.8) is 0 Å². The van der Waals surface area contributed by atoms with E-state index in [0.717, 1.165) is 21.9 Å². The Morgan fingerprint density at radius 3 is 1.70 bits per heavy atom. The Labute approximate surface area is 133 Å². The second-order valence-corrected chi connectivity index (χ2v) is 4.93. The van der Waals surface area contributed by atoms with Gasteiger partial charge in [-0.05, 0) is 36.4 Å². The number of fused-ring (bicyclic) bond motifs is 3. The van der Waals surface area contributed by atoms with Crippen LogP contribution in [0.5, 0.6) is 11.5 Å². The number of nitrogens with zero attached hydrogens (tertiary/aromatic N) is 2. The quantitative estimate of drug-likeness (QED) is 0.638. The van der Waals surface area contributed by atoms with Gasteiger partial charge >= 0.3 is 0 Å². The fourth-order valence-corrected chi connectivity index (χ4v) is 2.34. The summed E-state index contributed by atoms with van der Waals surface area (Å²) in [6, 6.07) is 15.3. The lowest BCUT2D eigenvalue weighted by atomic mass is 10.1. The van der Waals surface area contributed by atoms with E-state index in [1.165, 1.54) is 0 Å². The van der Waals surface area contributed by atoms with Crippen molar-refractivity contribution in [3.8, 4) is 23.6 Å². The van der Waals surface area contributed by atoms with Gasteiger partial charge in [0.05, 0.1) is 25.0 Å². The van der Waals surface area contributed by atoms with Crippen LogP contribution in [0.3, 0.4) is 0 Å². The summed E-state index contributed by atoms with van der Waals surface area (Å²) < 4.78 is 16.9. The lowest BCUT2D eigenvalue weighted by Crippen LogP contribution is -1.95. The van der Waals surface area contributed by atoms with Crippen molar-refractivity contribution < 1.29 is 13.9 Å². The van der Waals surface area contributed by atoms with Crippen molar-refractivity contribution in [1.82, 2.24) is 0 Å². The second-order valence-electron chi connectivity index (χ2n) is 4.93. The first-order valence-electron chi connectivity index (χ1n) is 7.27. The maximum atomic E-state index is 8.56. The van der Waals surface area contributed by atoms with Crippen molar-refractivity contribution in [2.75, 3.05) is 13.2 Å². The summed E-state index contributed by atoms with van der Waals surface area (Å²) in [6.45, 7) is 0.723. The maximum Gasteiger partial charge on any atom is 0.135 e. The van der Waals surface area contributed by atoms with Gasteiger partial charge in [-0.3, -0.25) is 0 Å². The molecule has 0 aliphatic heterocycles. The fourth-order valence-electron chi connectivity index (χ4n) is 2.34. The molecule has 1 heterocycles. The van der Waals surface area contributed by atoms with Gasteiger partial charge in [0.25, 0.3) is 0 Å². The monoisotopic (exact) mass is 306 g/mol. The molecule has 5 heteroatoms. The van der Waals surface area contributed by atoms with Gasteiger partial charge in [0.2, 0.25) is 0 Å². The molecule has 0 fully saturated rings. The van der Waals surface area contributed by atoms with E-state index in [0.29, 0.717) is 37.6 Å². The Morgan fingerprint density at radius 1 is 0.783 bits per heavy atom. The van der Waals surface area contributed by atoms with Gasteiger partial charge in [0.1, 0.15) is 35.9 Å². The minimum atomic E-state index is 0.348. The van der Waals surface area contributed by atoms with Crippen LogP contribution in [-0.2, 0) is 0 Å². The van der Waals surface area contributed by atoms with Crippen molar-refractivity contribution in [2.24, 2.45) is 0 Å². The summed E-state index contributed by atoms with van der Waals surface area (Å²) in [5.41, 5.74) is 1.53. The molecule has 0 amide bonds. The molecule has 0 bridgehead atoms. The largest absolute Gasteiger partial charge is 0.492 e. The highest BCUT2D eigenvalue weighted by Crippen LogP contribution is 2.33. The maximum absolute atomic E-state index is 8.56. The zero-order valence-electron chi connectivity index (χ0n) is 12.4. The molecule has 0 atom stereocenters. The Hall–Kier alpha value is -3.18. The predicted molar refractivity (Wildman–Crippen MR) is 85.2 cm³/mol. The normalized spacial score (nSPS) is 10.3. The topological polar surface area (TPSA) is 79.2 Å². The molecule has 114 valence electrons. The summed E-state index contributed by atoms with van der Waals surface area (Å²) in [7, 11) is 0. The number of rotatable bonds is 6. The Kier molecular flexibility index (Phi) is 4.31. The highest BCUT2D eigenvalue weighted by molar-refractivity contribution is 6.05. The van der Waals surface area contributed by atoms with E-state index in [2.05, 4.69) is 0 Å². The van der Waals surface area contributed by atoms with E-state index in [4.69, 9.17) is 24.4 Å². The number of ether oxygens (including phenoxy) is 2. The van der Waals surface area contributed by atoms with Crippen LogP contribution in [0.1, 0.15) is 12.8 Å². The number of nitriles is 2. The van der Waals surface area contributed by atoms with E-state index in [1.54, 1.807) is 0 Å². The molecule has 2 aromatic carbocycles. The highest BCUT2D eigenvalue weighted by Gasteiger charge is 2.09. The summed E-state index contributed by atoms with van der Waals surface area (Å²) in [6.07, 6.45) is 0.697. The third kappa shape index (κ3) is 3.20. The first-order chi connectivity index (χ1) is 11.3. The van der Waals surface area contributed by atoms with Crippen LogP contribution >= 0.6 is 0 Å². The van der Waals surface area contributed by atoms with Crippen molar-refractivity contribution >= 4 is 21.9 Å². The molecule has 0 spiro atoms. The van der Waals surface area contributed by atoms with E-state index < -0.39 is 0 Å². The standard InChI is InChI=1S/C18H14N2O3/c19-7-1-9-21-13-3-5-17-15(11-13)16-12-14(22-10-2-8-20)4-6-18(16)23-17/h3-6,11-12H,1-2,9-10H2. The molecule has 0 N–H and O–H groups in total. The molecule has 5 nitrogen and oxygen atoms in total. The molecule has 3 aromatic rings. The lowest BCUT2D eigenvalue weighted by molar-refractivity contribution is 0.326. The average molecular weight is 306 g/mol. The Balaban J connectivity index is 1.93. The van der Waals surface area contributed by atoms with Crippen molar-refractivity contribution in [2.45, 2.75) is 12.8 Å². The molecule has 1 aromatic heterocycles. The van der Waals surface area contributed by atoms with Gasteiger partial charge in [-0.25, -0.2) is 0 Å². The van der Waals surface area contributed by atoms with Gasteiger partial charge in [-0.2, -0.15) is 10.5 Å². The molecule has 3 rings (SSSR count). The number of hydrogen-bond donors (Lipinski definition) is 0. The van der Waals surface area contributed by atoms with E-state index >= 15 is 0 Å². The molecule has 23 heavy (non-hydrogen) atoms. The minimum absolute atomic E-state index is 0.348. The molecule has 0 aliphatic rings.